The lowest BCUT2D eigenvalue weighted by Crippen LogP contribution is -2.54. The number of hydrogen-bond donors (Lipinski definition) is 2. The summed E-state index contributed by atoms with van der Waals surface area (Å²) in [5.41, 5.74) is 1.22. The molecule has 2 fully saturated rings. The molecular formula is C27H36ClN5O3. The van der Waals surface area contributed by atoms with Crippen LogP contribution in [0.25, 0.3) is 0 Å². The number of anilines is 1. The van der Waals surface area contributed by atoms with Crippen LogP contribution in [0.2, 0.25) is 5.02 Å². The second-order valence-electron chi connectivity index (χ2n) is 9.53. The first-order valence-electron chi connectivity index (χ1n) is 12.6. The summed E-state index contributed by atoms with van der Waals surface area (Å²) in [6.07, 6.45) is 3.58. The van der Waals surface area contributed by atoms with Crippen molar-refractivity contribution in [3.8, 4) is 5.75 Å². The number of halogens is 1. The van der Waals surface area contributed by atoms with E-state index in [0.29, 0.717) is 41.2 Å². The minimum atomic E-state index is -0.869. The first kappa shape index (κ1) is 26.3. The molecule has 2 saturated heterocycles. The van der Waals surface area contributed by atoms with Gasteiger partial charge in [0, 0.05) is 48.5 Å². The maximum Gasteiger partial charge on any atom is 0.320 e. The molecule has 2 aliphatic rings. The maximum absolute atomic E-state index is 13.8. The fourth-order valence-electron chi connectivity index (χ4n) is 5.09. The van der Waals surface area contributed by atoms with Crippen molar-refractivity contribution < 1.29 is 14.3 Å². The Hall–Kier alpha value is -2.81. The lowest BCUT2D eigenvalue weighted by Gasteiger charge is -2.40. The van der Waals surface area contributed by atoms with Crippen LogP contribution in [-0.4, -0.2) is 86.1 Å². The molecule has 2 unspecified atom stereocenters. The van der Waals surface area contributed by atoms with Gasteiger partial charge in [0.1, 0.15) is 11.8 Å². The van der Waals surface area contributed by atoms with Crippen molar-refractivity contribution in [2.24, 2.45) is 0 Å². The monoisotopic (exact) mass is 513 g/mol. The number of rotatable bonds is 6. The molecule has 9 heteroatoms. The highest BCUT2D eigenvalue weighted by molar-refractivity contribution is 6.30. The zero-order chi connectivity index (χ0) is 25.5. The van der Waals surface area contributed by atoms with Crippen molar-refractivity contribution in [2.75, 3.05) is 58.7 Å². The Morgan fingerprint density at radius 2 is 1.69 bits per heavy atom. The van der Waals surface area contributed by atoms with Crippen LogP contribution in [0.1, 0.15) is 30.9 Å². The van der Waals surface area contributed by atoms with E-state index >= 15 is 0 Å². The summed E-state index contributed by atoms with van der Waals surface area (Å²) in [7, 11) is 3.75. The minimum Gasteiger partial charge on any atom is -0.496 e. The highest BCUT2D eigenvalue weighted by Crippen LogP contribution is 2.28. The number of hydrogen-bond acceptors (Lipinski definition) is 5. The summed E-state index contributed by atoms with van der Waals surface area (Å²) in [6.45, 7) is 5.23. The summed E-state index contributed by atoms with van der Waals surface area (Å²) in [5.74, 6) is 0.426. The van der Waals surface area contributed by atoms with Gasteiger partial charge in [-0.05, 0) is 69.7 Å². The van der Waals surface area contributed by atoms with Crippen LogP contribution in [-0.2, 0) is 4.79 Å². The van der Waals surface area contributed by atoms with Crippen molar-refractivity contribution in [1.82, 2.24) is 20.0 Å². The minimum absolute atomic E-state index is 0.133. The molecule has 0 aromatic heterocycles. The summed E-state index contributed by atoms with van der Waals surface area (Å²) in [6, 6.07) is 13.4. The van der Waals surface area contributed by atoms with Gasteiger partial charge in [-0.15, -0.1) is 0 Å². The number of urea groups is 1. The van der Waals surface area contributed by atoms with Crippen molar-refractivity contribution in [1.29, 1.82) is 0 Å². The van der Waals surface area contributed by atoms with E-state index in [1.54, 1.807) is 37.4 Å². The SMILES string of the molecule is COc1ccccc1C(NC(=O)Nc1ccc(Cl)cc1)C(=O)N1CCN(C2CCCN(C)CC2)CC1. The fourth-order valence-corrected chi connectivity index (χ4v) is 5.21. The molecular weight excluding hydrogens is 478 g/mol. The predicted octanol–water partition coefficient (Wildman–Crippen LogP) is 3.84. The highest BCUT2D eigenvalue weighted by atomic mass is 35.5. The van der Waals surface area contributed by atoms with Crippen LogP contribution in [0.15, 0.2) is 48.5 Å². The van der Waals surface area contributed by atoms with Crippen molar-refractivity contribution in [3.63, 3.8) is 0 Å². The molecule has 36 heavy (non-hydrogen) atoms. The zero-order valence-corrected chi connectivity index (χ0v) is 21.8. The Kier molecular flexibility index (Phi) is 9.07. The van der Waals surface area contributed by atoms with E-state index in [2.05, 4.69) is 27.5 Å². The first-order valence-corrected chi connectivity index (χ1v) is 13.0. The number of nitrogens with one attached hydrogen (secondary N) is 2. The van der Waals surface area contributed by atoms with Gasteiger partial charge in [0.05, 0.1) is 7.11 Å². The molecule has 2 heterocycles. The van der Waals surface area contributed by atoms with Crippen molar-refractivity contribution in [3.05, 3.63) is 59.1 Å². The molecule has 4 rings (SSSR count). The molecule has 8 nitrogen and oxygen atoms in total. The Bertz CT molecular complexity index is 1030. The van der Waals surface area contributed by atoms with E-state index in [1.807, 2.05) is 23.1 Å². The molecule has 2 aromatic rings. The van der Waals surface area contributed by atoms with E-state index in [1.165, 1.54) is 19.3 Å². The second kappa shape index (κ2) is 12.4. The molecule has 2 aliphatic heterocycles. The number of likely N-dealkylation sites (tertiary alicyclic amines) is 1. The number of benzene rings is 2. The molecule has 0 saturated carbocycles. The molecule has 2 N–H and O–H groups in total. The summed E-state index contributed by atoms with van der Waals surface area (Å²) in [4.78, 5) is 33.5. The largest absolute Gasteiger partial charge is 0.496 e. The summed E-state index contributed by atoms with van der Waals surface area (Å²) in [5, 5.41) is 6.26. The molecule has 0 radical (unpaired) electrons. The van der Waals surface area contributed by atoms with Crippen LogP contribution >= 0.6 is 11.6 Å². The van der Waals surface area contributed by atoms with E-state index in [9.17, 15) is 9.59 Å². The number of ether oxygens (including phenoxy) is 1. The lowest BCUT2D eigenvalue weighted by atomic mass is 10.0. The maximum atomic E-state index is 13.8. The number of methoxy groups -OCH3 is 1. The van der Waals surface area contributed by atoms with Gasteiger partial charge in [0.15, 0.2) is 0 Å². The van der Waals surface area contributed by atoms with Crippen molar-refractivity contribution in [2.45, 2.75) is 31.3 Å². The molecule has 3 amide bonds. The van der Waals surface area contributed by atoms with Crippen LogP contribution in [0.4, 0.5) is 10.5 Å². The average Bonchev–Trinajstić information content (AvgIpc) is 3.12. The quantitative estimate of drug-likeness (QED) is 0.613. The topological polar surface area (TPSA) is 77.1 Å². The molecule has 2 aromatic carbocycles. The lowest BCUT2D eigenvalue weighted by molar-refractivity contribution is -0.135. The van der Waals surface area contributed by atoms with Gasteiger partial charge in [0.2, 0.25) is 5.91 Å². The third-order valence-electron chi connectivity index (χ3n) is 7.14. The van der Waals surface area contributed by atoms with Gasteiger partial charge < -0.3 is 25.2 Å². The number of amides is 3. The number of carbonyl (C=O) groups is 2. The number of piperazine rings is 1. The number of para-hydroxylation sites is 1. The molecule has 0 bridgehead atoms. The molecule has 0 spiro atoms. The number of nitrogens with zero attached hydrogens (tertiary/aromatic N) is 3. The Morgan fingerprint density at radius 3 is 2.42 bits per heavy atom. The van der Waals surface area contributed by atoms with E-state index in [-0.39, 0.29) is 5.91 Å². The fraction of sp³-hybridized carbons (Fsp3) is 0.481. The van der Waals surface area contributed by atoms with Crippen LogP contribution in [0.5, 0.6) is 5.75 Å². The van der Waals surface area contributed by atoms with Gasteiger partial charge in [-0.1, -0.05) is 29.8 Å². The van der Waals surface area contributed by atoms with Gasteiger partial charge in [-0.25, -0.2) is 4.79 Å². The highest BCUT2D eigenvalue weighted by Gasteiger charge is 2.33. The zero-order valence-electron chi connectivity index (χ0n) is 21.1. The molecule has 194 valence electrons. The van der Waals surface area contributed by atoms with E-state index in [0.717, 1.165) is 26.2 Å². The van der Waals surface area contributed by atoms with Gasteiger partial charge >= 0.3 is 6.03 Å². The Labute approximate surface area is 218 Å². The summed E-state index contributed by atoms with van der Waals surface area (Å²) >= 11 is 5.95. The Morgan fingerprint density at radius 1 is 0.972 bits per heavy atom. The molecule has 2 atom stereocenters. The molecule has 0 aliphatic carbocycles. The smallest absolute Gasteiger partial charge is 0.320 e. The van der Waals surface area contributed by atoms with Crippen molar-refractivity contribution >= 4 is 29.2 Å². The summed E-state index contributed by atoms with van der Waals surface area (Å²) < 4.78 is 5.52. The standard InChI is InChI=1S/C27H36ClN5O3/c1-31-14-5-6-22(13-15-31)32-16-18-33(19-17-32)26(34)25(23-7-3-4-8-24(23)36-2)30-27(35)29-21-11-9-20(28)10-12-21/h3-4,7-12,22,25H,5-6,13-19H2,1-2H3,(H2,29,30,35). The first-order chi connectivity index (χ1) is 17.4. The van der Waals surface area contributed by atoms with Crippen LogP contribution in [0, 0.1) is 0 Å². The Balaban J connectivity index is 1.45. The van der Waals surface area contributed by atoms with Crippen LogP contribution in [0.3, 0.4) is 0 Å². The third kappa shape index (κ3) is 6.69. The predicted molar refractivity (Wildman–Crippen MR) is 143 cm³/mol. The second-order valence-corrected chi connectivity index (χ2v) is 9.97. The van der Waals surface area contributed by atoms with E-state index in [4.69, 9.17) is 16.3 Å². The van der Waals surface area contributed by atoms with Gasteiger partial charge in [0.25, 0.3) is 0 Å². The number of carbonyl (C=O) groups excluding carboxylic acids is 2. The van der Waals surface area contributed by atoms with Gasteiger partial charge in [-0.3, -0.25) is 9.69 Å². The van der Waals surface area contributed by atoms with E-state index < -0.39 is 12.1 Å². The third-order valence-corrected chi connectivity index (χ3v) is 7.39. The van der Waals surface area contributed by atoms with Crippen LogP contribution < -0.4 is 15.4 Å². The van der Waals surface area contributed by atoms with Gasteiger partial charge in [-0.2, -0.15) is 0 Å². The normalized spacial score (nSPS) is 20.3. The average molecular weight is 514 g/mol.